The average molecular weight is 358 g/mol. The third kappa shape index (κ3) is 4.08. The smallest absolute Gasteiger partial charge is 0.124 e. The van der Waals surface area contributed by atoms with Crippen LogP contribution >= 0.6 is 0 Å². The second kappa shape index (κ2) is 8.28. The van der Waals surface area contributed by atoms with Crippen molar-refractivity contribution in [2.75, 3.05) is 26.2 Å². The highest BCUT2D eigenvalue weighted by Crippen LogP contribution is 2.33. The van der Waals surface area contributed by atoms with Gasteiger partial charge in [-0.25, -0.2) is 0 Å². The maximum atomic E-state index is 10.00. The van der Waals surface area contributed by atoms with E-state index in [1.54, 1.807) is 0 Å². The van der Waals surface area contributed by atoms with Gasteiger partial charge in [-0.1, -0.05) is 24.6 Å². The molecular weight excluding hydrogens is 324 g/mol. The van der Waals surface area contributed by atoms with Gasteiger partial charge in [-0.05, 0) is 58.1 Å². The van der Waals surface area contributed by atoms with Crippen LogP contribution in [-0.4, -0.2) is 59.3 Å². The first-order valence-corrected chi connectivity index (χ1v) is 10.5. The molecule has 143 valence electrons. The van der Waals surface area contributed by atoms with Gasteiger partial charge in [0.1, 0.15) is 11.9 Å². The molecule has 0 bridgehead atoms. The van der Waals surface area contributed by atoms with E-state index >= 15 is 0 Å². The Kier molecular flexibility index (Phi) is 5.82. The summed E-state index contributed by atoms with van der Waals surface area (Å²) in [4.78, 5) is 4.95. The molecule has 4 heteroatoms. The van der Waals surface area contributed by atoms with Gasteiger partial charge < -0.3 is 14.7 Å². The van der Waals surface area contributed by atoms with E-state index in [0.29, 0.717) is 12.6 Å². The van der Waals surface area contributed by atoms with Gasteiger partial charge in [-0.3, -0.25) is 4.90 Å². The number of rotatable bonds is 5. The second-order valence-corrected chi connectivity index (χ2v) is 8.28. The molecule has 26 heavy (non-hydrogen) atoms. The fraction of sp³-hybridized carbons (Fsp3) is 0.682. The van der Waals surface area contributed by atoms with E-state index in [-0.39, 0.29) is 12.1 Å². The Bertz CT molecular complexity index is 581. The lowest BCUT2D eigenvalue weighted by Gasteiger charge is -2.42. The molecule has 4 nitrogen and oxygen atoms in total. The maximum Gasteiger partial charge on any atom is 0.124 e. The predicted molar refractivity (Wildman–Crippen MR) is 104 cm³/mol. The van der Waals surface area contributed by atoms with Crippen LogP contribution < -0.4 is 4.74 Å². The highest BCUT2D eigenvalue weighted by Gasteiger charge is 2.30. The quantitative estimate of drug-likeness (QED) is 0.876. The first-order valence-electron chi connectivity index (χ1n) is 10.5. The Morgan fingerprint density at radius 1 is 1.00 bits per heavy atom. The third-order valence-corrected chi connectivity index (χ3v) is 6.51. The molecule has 2 saturated heterocycles. The Hall–Kier alpha value is -1.10. The summed E-state index contributed by atoms with van der Waals surface area (Å²) in [6.07, 6.45) is 8.45. The number of aliphatic hydroxyl groups is 1. The molecule has 1 aromatic rings. The molecule has 3 fully saturated rings. The number of likely N-dealkylation sites (tertiary alicyclic amines) is 2. The number of aliphatic hydroxyl groups excluding tert-OH is 1. The summed E-state index contributed by atoms with van der Waals surface area (Å²) in [6.45, 7) is 8.45. The summed E-state index contributed by atoms with van der Waals surface area (Å²) in [5.41, 5.74) is 1.16. The van der Waals surface area contributed by atoms with Gasteiger partial charge in [-0.15, -0.1) is 0 Å². The van der Waals surface area contributed by atoms with Crippen LogP contribution in [0.4, 0.5) is 0 Å². The van der Waals surface area contributed by atoms with Crippen LogP contribution in [-0.2, 0) is 0 Å². The topological polar surface area (TPSA) is 35.9 Å². The van der Waals surface area contributed by atoms with Gasteiger partial charge in [0.05, 0.1) is 6.10 Å². The zero-order valence-electron chi connectivity index (χ0n) is 15.9. The maximum absolute atomic E-state index is 10.00. The van der Waals surface area contributed by atoms with Crippen molar-refractivity contribution in [3.05, 3.63) is 36.8 Å². The molecule has 2 aliphatic heterocycles. The predicted octanol–water partition coefficient (Wildman–Crippen LogP) is 3.41. The van der Waals surface area contributed by atoms with Crippen LogP contribution in [0.1, 0.15) is 56.6 Å². The lowest BCUT2D eigenvalue weighted by Crippen LogP contribution is -2.46. The van der Waals surface area contributed by atoms with E-state index in [9.17, 15) is 5.11 Å². The monoisotopic (exact) mass is 357 g/mol. The molecule has 0 spiro atoms. The highest BCUT2D eigenvalue weighted by atomic mass is 16.5. The van der Waals surface area contributed by atoms with E-state index in [1.807, 2.05) is 0 Å². The molecule has 1 N–H and O–H groups in total. The normalized spacial score (nSPS) is 27.8. The van der Waals surface area contributed by atoms with Gasteiger partial charge in [-0.2, -0.15) is 0 Å². The summed E-state index contributed by atoms with van der Waals surface area (Å²) in [7, 11) is 0. The van der Waals surface area contributed by atoms with Crippen molar-refractivity contribution in [1.82, 2.24) is 9.80 Å². The van der Waals surface area contributed by atoms with Crippen molar-refractivity contribution in [3.8, 4) is 5.75 Å². The average Bonchev–Trinajstić information content (AvgIpc) is 2.62. The molecule has 4 rings (SSSR count). The second-order valence-electron chi connectivity index (χ2n) is 8.28. The van der Waals surface area contributed by atoms with Gasteiger partial charge >= 0.3 is 0 Å². The molecular formula is C22H33N2O2. The van der Waals surface area contributed by atoms with Crippen molar-refractivity contribution < 1.29 is 9.84 Å². The van der Waals surface area contributed by atoms with E-state index in [0.717, 1.165) is 49.6 Å². The Labute approximate surface area is 158 Å². The van der Waals surface area contributed by atoms with E-state index in [4.69, 9.17) is 4.74 Å². The number of hydrogen-bond donors (Lipinski definition) is 1. The summed E-state index contributed by atoms with van der Waals surface area (Å²) in [6, 6.07) is 9.23. The fourth-order valence-corrected chi connectivity index (χ4v) is 4.62. The van der Waals surface area contributed by atoms with E-state index < -0.39 is 0 Å². The van der Waals surface area contributed by atoms with Gasteiger partial charge in [0.2, 0.25) is 0 Å². The van der Waals surface area contributed by atoms with Crippen LogP contribution in [0.3, 0.4) is 0 Å². The number of nitrogens with zero attached hydrogens (tertiary/aromatic N) is 2. The zero-order valence-corrected chi connectivity index (χ0v) is 15.9. The van der Waals surface area contributed by atoms with Crippen molar-refractivity contribution in [1.29, 1.82) is 0 Å². The summed E-state index contributed by atoms with van der Waals surface area (Å²) >= 11 is 0. The van der Waals surface area contributed by atoms with Gasteiger partial charge in [0.15, 0.2) is 0 Å². The SMILES string of the molecule is [CH2]C(c1ccccc1OC1CCN(C2CCC2)CC1)N1CCCC(O)C1. The number of benzene rings is 1. The number of hydrogen-bond acceptors (Lipinski definition) is 4. The minimum absolute atomic E-state index is 0.0382. The van der Waals surface area contributed by atoms with Crippen LogP contribution in [0.2, 0.25) is 0 Å². The van der Waals surface area contributed by atoms with Gasteiger partial charge in [0.25, 0.3) is 0 Å². The standard InChI is InChI=1S/C22H33N2O2/c1-17(24-13-5-8-19(25)16-24)21-9-2-3-10-22(21)26-20-11-14-23(15-12-20)18-6-4-7-18/h2-3,9-10,17-20,25H,1,4-8,11-16H2. The largest absolute Gasteiger partial charge is 0.490 e. The molecule has 1 radical (unpaired) electrons. The molecule has 0 aromatic heterocycles. The van der Waals surface area contributed by atoms with Crippen molar-refractivity contribution in [2.45, 2.75) is 69.2 Å². The molecule has 1 aliphatic carbocycles. The number of para-hydroxylation sites is 1. The molecule has 0 amide bonds. The van der Waals surface area contributed by atoms with Crippen molar-refractivity contribution >= 4 is 0 Å². The summed E-state index contributed by atoms with van der Waals surface area (Å²) in [5.74, 6) is 0.981. The number of ether oxygens (including phenoxy) is 1. The summed E-state index contributed by atoms with van der Waals surface area (Å²) in [5, 5.41) is 10.00. The third-order valence-electron chi connectivity index (χ3n) is 6.51. The summed E-state index contributed by atoms with van der Waals surface area (Å²) < 4.78 is 6.45. The Morgan fingerprint density at radius 2 is 1.77 bits per heavy atom. The van der Waals surface area contributed by atoms with Crippen LogP contribution in [0.15, 0.2) is 24.3 Å². The fourth-order valence-electron chi connectivity index (χ4n) is 4.62. The van der Waals surface area contributed by atoms with Crippen molar-refractivity contribution in [3.63, 3.8) is 0 Å². The zero-order chi connectivity index (χ0) is 17.9. The lowest BCUT2D eigenvalue weighted by atomic mass is 9.89. The Morgan fingerprint density at radius 3 is 2.46 bits per heavy atom. The number of piperidine rings is 2. The highest BCUT2D eigenvalue weighted by molar-refractivity contribution is 5.37. The minimum atomic E-state index is -0.225. The molecule has 3 aliphatic rings. The van der Waals surface area contributed by atoms with Crippen LogP contribution in [0.25, 0.3) is 0 Å². The van der Waals surface area contributed by atoms with E-state index in [2.05, 4.69) is 41.0 Å². The molecule has 1 saturated carbocycles. The molecule has 1 aromatic carbocycles. The minimum Gasteiger partial charge on any atom is -0.490 e. The van der Waals surface area contributed by atoms with Crippen molar-refractivity contribution in [2.24, 2.45) is 0 Å². The van der Waals surface area contributed by atoms with Crippen LogP contribution in [0, 0.1) is 6.92 Å². The van der Waals surface area contributed by atoms with E-state index in [1.165, 1.54) is 32.4 Å². The molecule has 2 atom stereocenters. The first kappa shape index (κ1) is 18.3. The first-order chi connectivity index (χ1) is 12.7. The lowest BCUT2D eigenvalue weighted by molar-refractivity contribution is 0.0444. The van der Waals surface area contributed by atoms with Gasteiger partial charge in [0, 0.05) is 37.3 Å². The molecule has 2 unspecified atom stereocenters. The molecule has 2 heterocycles. The number of β-amino-alcohol motifs (C(OH)–C–C–N with tert-alkyl or cyclic N) is 1. The Balaban J connectivity index is 1.38. The van der Waals surface area contributed by atoms with Crippen LogP contribution in [0.5, 0.6) is 5.75 Å².